The molecular formula is C11H15ClO2. The molecule has 1 aromatic carbocycles. The lowest BCUT2D eigenvalue weighted by molar-refractivity contribution is 0.193. The minimum absolute atomic E-state index is 0.382. The summed E-state index contributed by atoms with van der Waals surface area (Å²) in [6, 6.07) is 5.46. The number of hydrogen-bond acceptors (Lipinski definition) is 2. The lowest BCUT2D eigenvalue weighted by Gasteiger charge is -2.11. The summed E-state index contributed by atoms with van der Waals surface area (Å²) in [6.45, 7) is 4.30. The number of aliphatic hydroxyl groups is 1. The highest BCUT2D eigenvalue weighted by Crippen LogP contribution is 2.24. The summed E-state index contributed by atoms with van der Waals surface area (Å²) in [5, 5.41) is 9.96. The van der Waals surface area contributed by atoms with Gasteiger partial charge in [0.25, 0.3) is 0 Å². The molecule has 0 saturated heterocycles. The van der Waals surface area contributed by atoms with Gasteiger partial charge in [0.15, 0.2) is 0 Å². The molecule has 0 saturated carbocycles. The average molecular weight is 215 g/mol. The first-order chi connectivity index (χ1) is 6.63. The van der Waals surface area contributed by atoms with Crippen LogP contribution in [0.25, 0.3) is 0 Å². The molecule has 1 unspecified atom stereocenters. The minimum atomic E-state index is -0.382. The maximum atomic E-state index is 9.29. The molecule has 0 fully saturated rings. The van der Waals surface area contributed by atoms with Crippen LogP contribution in [0, 0.1) is 0 Å². The van der Waals surface area contributed by atoms with E-state index in [1.807, 2.05) is 19.1 Å². The summed E-state index contributed by atoms with van der Waals surface area (Å²) >= 11 is 5.86. The summed E-state index contributed by atoms with van der Waals surface area (Å²) in [7, 11) is 0. The number of hydrogen-bond donors (Lipinski definition) is 1. The van der Waals surface area contributed by atoms with Crippen molar-refractivity contribution in [1.29, 1.82) is 0 Å². The minimum Gasteiger partial charge on any atom is -0.494 e. The van der Waals surface area contributed by atoms with Crippen LogP contribution in [0.3, 0.4) is 0 Å². The third-order valence-electron chi connectivity index (χ3n) is 1.84. The molecule has 0 aromatic heterocycles. The molecule has 0 aliphatic rings. The van der Waals surface area contributed by atoms with Crippen molar-refractivity contribution in [2.24, 2.45) is 0 Å². The molecule has 3 heteroatoms. The molecule has 1 rings (SSSR count). The van der Waals surface area contributed by atoms with E-state index in [0.717, 1.165) is 11.3 Å². The first kappa shape index (κ1) is 11.3. The SMILES string of the molecule is CCOc1ccc(Cl)cc1CC(C)O. The van der Waals surface area contributed by atoms with E-state index < -0.39 is 0 Å². The van der Waals surface area contributed by atoms with Crippen molar-refractivity contribution in [2.75, 3.05) is 6.61 Å². The van der Waals surface area contributed by atoms with Crippen molar-refractivity contribution < 1.29 is 9.84 Å². The Morgan fingerprint density at radius 2 is 2.21 bits per heavy atom. The summed E-state index contributed by atoms with van der Waals surface area (Å²) in [4.78, 5) is 0. The molecule has 0 heterocycles. The highest BCUT2D eigenvalue weighted by molar-refractivity contribution is 6.30. The fraction of sp³-hybridized carbons (Fsp3) is 0.455. The van der Waals surface area contributed by atoms with Crippen LogP contribution in [-0.4, -0.2) is 17.8 Å². The van der Waals surface area contributed by atoms with Crippen LogP contribution in [0.5, 0.6) is 5.75 Å². The van der Waals surface area contributed by atoms with E-state index in [1.54, 1.807) is 13.0 Å². The quantitative estimate of drug-likeness (QED) is 0.835. The molecule has 78 valence electrons. The maximum Gasteiger partial charge on any atom is 0.122 e. The van der Waals surface area contributed by atoms with E-state index in [9.17, 15) is 5.11 Å². The van der Waals surface area contributed by atoms with Gasteiger partial charge in [-0.3, -0.25) is 0 Å². The Hall–Kier alpha value is -0.730. The second-order valence-corrected chi connectivity index (χ2v) is 3.67. The molecule has 1 aromatic rings. The van der Waals surface area contributed by atoms with Gasteiger partial charge in [0.05, 0.1) is 12.7 Å². The summed E-state index contributed by atoms with van der Waals surface area (Å²) < 4.78 is 5.42. The Labute approximate surface area is 89.5 Å². The van der Waals surface area contributed by atoms with E-state index >= 15 is 0 Å². The highest BCUT2D eigenvalue weighted by atomic mass is 35.5. The lowest BCUT2D eigenvalue weighted by Crippen LogP contribution is -2.06. The topological polar surface area (TPSA) is 29.5 Å². The first-order valence-electron chi connectivity index (χ1n) is 4.72. The molecule has 0 spiro atoms. The summed E-state index contributed by atoms with van der Waals surface area (Å²) in [6.07, 6.45) is 0.184. The second-order valence-electron chi connectivity index (χ2n) is 3.24. The number of ether oxygens (including phenoxy) is 1. The van der Waals surface area contributed by atoms with E-state index in [0.29, 0.717) is 18.1 Å². The molecule has 2 nitrogen and oxygen atoms in total. The third-order valence-corrected chi connectivity index (χ3v) is 2.07. The second kappa shape index (κ2) is 5.23. The fourth-order valence-corrected chi connectivity index (χ4v) is 1.52. The van der Waals surface area contributed by atoms with Gasteiger partial charge in [-0.05, 0) is 37.6 Å². The van der Waals surface area contributed by atoms with Gasteiger partial charge in [0.1, 0.15) is 5.75 Å². The zero-order valence-electron chi connectivity index (χ0n) is 8.46. The fourth-order valence-electron chi connectivity index (χ4n) is 1.32. The Balaban J connectivity index is 2.90. The van der Waals surface area contributed by atoms with Crippen LogP contribution in [0.2, 0.25) is 5.02 Å². The van der Waals surface area contributed by atoms with Crippen molar-refractivity contribution in [3.63, 3.8) is 0 Å². The Morgan fingerprint density at radius 3 is 2.79 bits per heavy atom. The first-order valence-corrected chi connectivity index (χ1v) is 5.10. The van der Waals surface area contributed by atoms with Gasteiger partial charge in [-0.15, -0.1) is 0 Å². The molecule has 14 heavy (non-hydrogen) atoms. The average Bonchev–Trinajstić information content (AvgIpc) is 2.09. The zero-order valence-corrected chi connectivity index (χ0v) is 9.21. The zero-order chi connectivity index (χ0) is 10.6. The summed E-state index contributed by atoms with van der Waals surface area (Å²) in [5.41, 5.74) is 0.953. The standard InChI is InChI=1S/C11H15ClO2/c1-3-14-11-5-4-10(12)7-9(11)6-8(2)13/h4-5,7-8,13H,3,6H2,1-2H3. The predicted molar refractivity (Wildman–Crippen MR) is 58.0 cm³/mol. The van der Waals surface area contributed by atoms with Gasteiger partial charge >= 0.3 is 0 Å². The van der Waals surface area contributed by atoms with Crippen LogP contribution in [0.1, 0.15) is 19.4 Å². The van der Waals surface area contributed by atoms with Crippen molar-refractivity contribution in [3.05, 3.63) is 28.8 Å². The van der Waals surface area contributed by atoms with E-state index in [1.165, 1.54) is 0 Å². The third kappa shape index (κ3) is 3.20. The molecule has 0 aliphatic heterocycles. The monoisotopic (exact) mass is 214 g/mol. The number of halogens is 1. The van der Waals surface area contributed by atoms with Crippen LogP contribution < -0.4 is 4.74 Å². The molecule has 0 amide bonds. The number of benzene rings is 1. The Kier molecular flexibility index (Phi) is 4.23. The van der Waals surface area contributed by atoms with Gasteiger partial charge in [-0.2, -0.15) is 0 Å². The van der Waals surface area contributed by atoms with E-state index in [4.69, 9.17) is 16.3 Å². The van der Waals surface area contributed by atoms with E-state index in [2.05, 4.69) is 0 Å². The van der Waals surface area contributed by atoms with Gasteiger partial charge in [-0.1, -0.05) is 11.6 Å². The Morgan fingerprint density at radius 1 is 1.50 bits per heavy atom. The normalized spacial score (nSPS) is 12.6. The van der Waals surface area contributed by atoms with Crippen molar-refractivity contribution in [3.8, 4) is 5.75 Å². The molecule has 0 aliphatic carbocycles. The summed E-state index contributed by atoms with van der Waals surface area (Å²) in [5.74, 6) is 0.804. The lowest BCUT2D eigenvalue weighted by atomic mass is 10.1. The highest BCUT2D eigenvalue weighted by Gasteiger charge is 2.07. The van der Waals surface area contributed by atoms with Gasteiger partial charge in [0, 0.05) is 11.4 Å². The van der Waals surface area contributed by atoms with Crippen LogP contribution in [0.4, 0.5) is 0 Å². The van der Waals surface area contributed by atoms with Gasteiger partial charge in [-0.25, -0.2) is 0 Å². The molecule has 0 radical (unpaired) electrons. The van der Waals surface area contributed by atoms with Gasteiger partial charge in [0.2, 0.25) is 0 Å². The predicted octanol–water partition coefficient (Wildman–Crippen LogP) is 2.66. The maximum absolute atomic E-state index is 9.29. The largest absolute Gasteiger partial charge is 0.494 e. The van der Waals surface area contributed by atoms with Gasteiger partial charge < -0.3 is 9.84 Å². The number of aliphatic hydroxyl groups excluding tert-OH is 1. The van der Waals surface area contributed by atoms with Crippen LogP contribution in [0.15, 0.2) is 18.2 Å². The van der Waals surface area contributed by atoms with Crippen molar-refractivity contribution in [2.45, 2.75) is 26.4 Å². The Bertz CT molecular complexity index is 297. The van der Waals surface area contributed by atoms with Crippen LogP contribution >= 0.6 is 11.6 Å². The van der Waals surface area contributed by atoms with E-state index in [-0.39, 0.29) is 6.10 Å². The van der Waals surface area contributed by atoms with Crippen molar-refractivity contribution in [1.82, 2.24) is 0 Å². The number of rotatable bonds is 4. The molecule has 1 N–H and O–H groups in total. The molecule has 0 bridgehead atoms. The van der Waals surface area contributed by atoms with Crippen LogP contribution in [-0.2, 0) is 6.42 Å². The molecule has 1 atom stereocenters. The smallest absolute Gasteiger partial charge is 0.122 e. The van der Waals surface area contributed by atoms with Crippen molar-refractivity contribution >= 4 is 11.6 Å². The molecular weight excluding hydrogens is 200 g/mol.